The maximum atomic E-state index is 6.38. The van der Waals surface area contributed by atoms with Crippen LogP contribution in [0.2, 0.25) is 5.02 Å². The lowest BCUT2D eigenvalue weighted by atomic mass is 9.95. The molecule has 1 N–H and O–H groups in total. The number of thiocarbonyl (C=S) groups is 1. The highest BCUT2D eigenvalue weighted by Crippen LogP contribution is 2.45. The van der Waals surface area contributed by atoms with Gasteiger partial charge in [0.1, 0.15) is 5.75 Å². The Morgan fingerprint density at radius 2 is 1.91 bits per heavy atom. The maximum absolute atomic E-state index is 6.38. The van der Waals surface area contributed by atoms with Gasteiger partial charge in [0.25, 0.3) is 0 Å². The van der Waals surface area contributed by atoms with Crippen LogP contribution in [-0.4, -0.2) is 32.7 Å². The first kappa shape index (κ1) is 22.2. The summed E-state index contributed by atoms with van der Waals surface area (Å²) in [4.78, 5) is 7.14. The van der Waals surface area contributed by atoms with Gasteiger partial charge < -0.3 is 19.5 Å². The number of hydrogen-bond donors (Lipinski definition) is 1. The van der Waals surface area contributed by atoms with Gasteiger partial charge in [0, 0.05) is 28.6 Å². The molecule has 0 amide bonds. The van der Waals surface area contributed by atoms with Crippen LogP contribution < -0.4 is 10.1 Å². The van der Waals surface area contributed by atoms with E-state index in [0.717, 1.165) is 33.6 Å². The summed E-state index contributed by atoms with van der Waals surface area (Å²) >= 11 is 12.3. The smallest absolute Gasteiger partial charge is 0.170 e. The van der Waals surface area contributed by atoms with Gasteiger partial charge in [-0.25, -0.2) is 0 Å². The van der Waals surface area contributed by atoms with Crippen molar-refractivity contribution in [2.24, 2.45) is 0 Å². The van der Waals surface area contributed by atoms with Gasteiger partial charge >= 0.3 is 0 Å². The molecule has 1 saturated carbocycles. The normalized spacial score (nSPS) is 21.0. The van der Waals surface area contributed by atoms with Crippen molar-refractivity contribution >= 4 is 28.9 Å². The lowest BCUT2D eigenvalue weighted by Gasteiger charge is -2.33. The molecule has 1 aliphatic carbocycles. The molecular weight excluding hydrogens is 452 g/mol. The highest BCUT2D eigenvalue weighted by Gasteiger charge is 2.44. The molecule has 2 fully saturated rings. The van der Waals surface area contributed by atoms with Crippen LogP contribution in [0.15, 0.2) is 48.7 Å². The predicted molar refractivity (Wildman–Crippen MR) is 136 cm³/mol. The summed E-state index contributed by atoms with van der Waals surface area (Å²) in [6, 6.07) is 14.6. The van der Waals surface area contributed by atoms with E-state index in [1.165, 1.54) is 31.2 Å². The van der Waals surface area contributed by atoms with Gasteiger partial charge in [-0.1, -0.05) is 30.5 Å². The van der Waals surface area contributed by atoms with Crippen LogP contribution in [0, 0.1) is 13.8 Å². The van der Waals surface area contributed by atoms with Gasteiger partial charge in [-0.15, -0.1) is 0 Å². The number of pyridine rings is 1. The van der Waals surface area contributed by atoms with Crippen molar-refractivity contribution in [3.8, 4) is 11.4 Å². The molecule has 0 bridgehead atoms. The standard InChI is InChI=1S/C26H29ClN4OS/c1-16-14-20(17(2)30(16)22-15-18(27)11-12-23(22)32-3)25-24(21-10-6-7-13-28-21)29-26(33)31(25)19-8-4-5-9-19/h6-7,10-15,19,24-25H,4-5,8-9H2,1-3H3,(H,29,33)/t24-,25-/m1/s1. The minimum atomic E-state index is -0.00509. The fourth-order valence-electron chi connectivity index (χ4n) is 5.57. The van der Waals surface area contributed by atoms with E-state index in [2.05, 4.69) is 40.8 Å². The van der Waals surface area contributed by atoms with Crippen molar-refractivity contribution in [3.05, 3.63) is 76.3 Å². The number of aromatic nitrogens is 2. The number of hydrogen-bond acceptors (Lipinski definition) is 3. The van der Waals surface area contributed by atoms with Crippen LogP contribution >= 0.6 is 23.8 Å². The third-order valence-electron chi connectivity index (χ3n) is 7.02. The highest BCUT2D eigenvalue weighted by molar-refractivity contribution is 7.80. The van der Waals surface area contributed by atoms with E-state index in [-0.39, 0.29) is 12.1 Å². The second-order valence-corrected chi connectivity index (χ2v) is 9.77. The number of nitrogens with zero attached hydrogens (tertiary/aromatic N) is 3. The Morgan fingerprint density at radius 1 is 1.12 bits per heavy atom. The molecule has 2 aliphatic rings. The second kappa shape index (κ2) is 8.99. The van der Waals surface area contributed by atoms with Crippen LogP contribution in [0.1, 0.15) is 60.4 Å². The summed E-state index contributed by atoms with van der Waals surface area (Å²) < 4.78 is 7.92. The number of nitrogens with one attached hydrogen (secondary N) is 1. The summed E-state index contributed by atoms with van der Waals surface area (Å²) in [5.74, 6) is 0.793. The van der Waals surface area contributed by atoms with Gasteiger partial charge in [0.2, 0.25) is 0 Å². The topological polar surface area (TPSA) is 42.3 Å². The summed E-state index contributed by atoms with van der Waals surface area (Å²) in [7, 11) is 1.69. The molecule has 3 aromatic rings. The zero-order valence-corrected chi connectivity index (χ0v) is 20.8. The van der Waals surface area contributed by atoms with Gasteiger partial charge in [0.05, 0.1) is 30.6 Å². The zero-order chi connectivity index (χ0) is 23.1. The van der Waals surface area contributed by atoms with E-state index in [0.29, 0.717) is 11.1 Å². The zero-order valence-electron chi connectivity index (χ0n) is 19.2. The molecule has 0 spiro atoms. The summed E-state index contributed by atoms with van der Waals surface area (Å²) in [5, 5.41) is 5.12. The Labute approximate surface area is 205 Å². The third-order valence-corrected chi connectivity index (χ3v) is 7.59. The van der Waals surface area contributed by atoms with Gasteiger partial charge in [-0.05, 0) is 80.9 Å². The molecule has 1 saturated heterocycles. The molecular formula is C26H29ClN4OS. The molecule has 1 aromatic carbocycles. The van der Waals surface area contributed by atoms with E-state index in [1.807, 2.05) is 36.5 Å². The van der Waals surface area contributed by atoms with Gasteiger partial charge in [0.15, 0.2) is 5.11 Å². The Kier molecular flexibility index (Phi) is 6.06. The molecule has 2 aromatic heterocycles. The quantitative estimate of drug-likeness (QED) is 0.449. The average molecular weight is 481 g/mol. The maximum Gasteiger partial charge on any atom is 0.170 e. The van der Waals surface area contributed by atoms with Crippen LogP contribution in [0.25, 0.3) is 5.69 Å². The Bertz CT molecular complexity index is 1170. The summed E-state index contributed by atoms with van der Waals surface area (Å²) in [5.41, 5.74) is 5.50. The number of benzene rings is 1. The minimum absolute atomic E-state index is 0.00509. The van der Waals surface area contributed by atoms with E-state index in [1.54, 1.807) is 7.11 Å². The third kappa shape index (κ3) is 3.89. The number of ether oxygens (including phenoxy) is 1. The van der Waals surface area contributed by atoms with E-state index in [9.17, 15) is 0 Å². The van der Waals surface area contributed by atoms with E-state index < -0.39 is 0 Å². The number of rotatable bonds is 5. The van der Waals surface area contributed by atoms with Crippen molar-refractivity contribution < 1.29 is 4.74 Å². The molecule has 1 aliphatic heterocycles. The molecule has 0 unspecified atom stereocenters. The monoisotopic (exact) mass is 480 g/mol. The van der Waals surface area contributed by atoms with Crippen molar-refractivity contribution in [1.29, 1.82) is 0 Å². The molecule has 0 radical (unpaired) electrons. The summed E-state index contributed by atoms with van der Waals surface area (Å²) in [6.45, 7) is 4.31. The molecule has 5 rings (SSSR count). The molecule has 172 valence electrons. The molecule has 2 atom stereocenters. The Morgan fingerprint density at radius 3 is 2.61 bits per heavy atom. The number of halogens is 1. The molecule has 33 heavy (non-hydrogen) atoms. The first-order valence-electron chi connectivity index (χ1n) is 11.5. The first-order valence-corrected chi connectivity index (χ1v) is 12.3. The second-order valence-electron chi connectivity index (χ2n) is 8.95. The molecule has 7 heteroatoms. The predicted octanol–water partition coefficient (Wildman–Crippen LogP) is 6.07. The number of aryl methyl sites for hydroxylation is 1. The highest BCUT2D eigenvalue weighted by atomic mass is 35.5. The van der Waals surface area contributed by atoms with Crippen LogP contribution in [-0.2, 0) is 0 Å². The first-order chi connectivity index (χ1) is 16.0. The fraction of sp³-hybridized carbons (Fsp3) is 0.385. The van der Waals surface area contributed by atoms with E-state index in [4.69, 9.17) is 33.5 Å². The van der Waals surface area contributed by atoms with Crippen LogP contribution in [0.5, 0.6) is 5.75 Å². The van der Waals surface area contributed by atoms with Gasteiger partial charge in [-0.3, -0.25) is 4.98 Å². The lowest BCUT2D eigenvalue weighted by Crippen LogP contribution is -2.37. The van der Waals surface area contributed by atoms with Crippen molar-refractivity contribution in [2.75, 3.05) is 7.11 Å². The Hall–Kier alpha value is -2.57. The SMILES string of the molecule is COc1ccc(Cl)cc1-n1c(C)cc([C@@H]2[C@@H](c3ccccn3)NC(=S)N2C2CCCC2)c1C. The number of methoxy groups -OCH3 is 1. The Balaban J connectivity index is 1.66. The van der Waals surface area contributed by atoms with Crippen molar-refractivity contribution in [1.82, 2.24) is 19.8 Å². The fourth-order valence-corrected chi connectivity index (χ4v) is 6.13. The van der Waals surface area contributed by atoms with Gasteiger partial charge in [-0.2, -0.15) is 0 Å². The van der Waals surface area contributed by atoms with E-state index >= 15 is 0 Å². The minimum Gasteiger partial charge on any atom is -0.495 e. The lowest BCUT2D eigenvalue weighted by molar-refractivity contribution is 0.245. The summed E-state index contributed by atoms with van der Waals surface area (Å²) in [6.07, 6.45) is 6.71. The molecule has 3 heterocycles. The van der Waals surface area contributed by atoms with Crippen molar-refractivity contribution in [2.45, 2.75) is 57.7 Å². The van der Waals surface area contributed by atoms with Crippen molar-refractivity contribution in [3.63, 3.8) is 0 Å². The van der Waals surface area contributed by atoms with Crippen LogP contribution in [0.4, 0.5) is 0 Å². The largest absolute Gasteiger partial charge is 0.495 e. The van der Waals surface area contributed by atoms with Crippen LogP contribution in [0.3, 0.4) is 0 Å². The molecule has 5 nitrogen and oxygen atoms in total. The average Bonchev–Trinajstić information content (AvgIpc) is 3.52.